The normalized spacial score (nSPS) is 12.0. The summed E-state index contributed by atoms with van der Waals surface area (Å²) in [5, 5.41) is 8.28. The average molecular weight is 465 g/mol. The van der Waals surface area contributed by atoms with Crippen LogP contribution in [0.5, 0.6) is 0 Å². The molecule has 1 aliphatic rings. The summed E-state index contributed by atoms with van der Waals surface area (Å²) in [5.41, 5.74) is 11.4. The molecule has 1 aromatic carbocycles. The minimum absolute atomic E-state index is 0.0417. The van der Waals surface area contributed by atoms with Crippen molar-refractivity contribution in [2.24, 2.45) is 5.10 Å². The van der Waals surface area contributed by atoms with Gasteiger partial charge in [0.25, 0.3) is 0 Å². The molecule has 0 radical (unpaired) electrons. The van der Waals surface area contributed by atoms with Crippen LogP contribution < -0.4 is 26.7 Å². The van der Waals surface area contributed by atoms with E-state index in [2.05, 4.69) is 36.8 Å². The molecule has 0 bridgehead atoms. The Morgan fingerprint density at radius 2 is 1.94 bits per heavy atom. The number of halogens is 1. The van der Waals surface area contributed by atoms with Crippen LogP contribution in [-0.4, -0.2) is 41.8 Å². The van der Waals surface area contributed by atoms with Crippen molar-refractivity contribution in [1.82, 2.24) is 26.2 Å². The first-order chi connectivity index (χ1) is 15.3. The second kappa shape index (κ2) is 14.2. The number of nitrogens with zero attached hydrogens (tertiary/aromatic N) is 4. The van der Waals surface area contributed by atoms with Crippen LogP contribution in [0.1, 0.15) is 40.2 Å². The average Bonchev–Trinajstić information content (AvgIpc) is 3.20. The van der Waals surface area contributed by atoms with Gasteiger partial charge in [-0.15, -0.1) is 5.53 Å². The number of carbonyl (C=O) groups is 1. The second-order valence-corrected chi connectivity index (χ2v) is 7.67. The van der Waals surface area contributed by atoms with E-state index >= 15 is 0 Å². The van der Waals surface area contributed by atoms with Crippen LogP contribution >= 0.6 is 11.6 Å². The summed E-state index contributed by atoms with van der Waals surface area (Å²) in [6.45, 7) is 11.4. The van der Waals surface area contributed by atoms with E-state index in [-0.39, 0.29) is 10.9 Å². The van der Waals surface area contributed by atoms with Gasteiger partial charge in [0.2, 0.25) is 11.7 Å². The molecular formula is C21H33ClN8O2. The van der Waals surface area contributed by atoms with Gasteiger partial charge in [0, 0.05) is 26.4 Å². The third-order valence-corrected chi connectivity index (χ3v) is 4.01. The van der Waals surface area contributed by atoms with E-state index < -0.39 is 0 Å². The van der Waals surface area contributed by atoms with Crippen molar-refractivity contribution in [2.45, 2.75) is 46.8 Å². The fourth-order valence-corrected chi connectivity index (χ4v) is 2.20. The molecule has 4 N–H and O–H groups in total. The zero-order valence-electron chi connectivity index (χ0n) is 19.4. The number of fused-ring (bicyclic) bond motifs is 1. The minimum Gasteiger partial charge on any atom is -0.379 e. The van der Waals surface area contributed by atoms with Gasteiger partial charge in [0.05, 0.1) is 17.5 Å². The maximum absolute atomic E-state index is 10.3. The molecule has 0 saturated carbocycles. The van der Waals surface area contributed by atoms with E-state index in [0.717, 1.165) is 23.5 Å². The van der Waals surface area contributed by atoms with E-state index in [9.17, 15) is 4.79 Å². The summed E-state index contributed by atoms with van der Waals surface area (Å²) in [4.78, 5) is 18.3. The van der Waals surface area contributed by atoms with E-state index in [0.29, 0.717) is 18.8 Å². The van der Waals surface area contributed by atoms with Gasteiger partial charge in [-0.3, -0.25) is 10.2 Å². The predicted molar refractivity (Wildman–Crippen MR) is 130 cm³/mol. The molecule has 32 heavy (non-hydrogen) atoms. The Labute approximate surface area is 194 Å². The molecule has 0 unspecified atom stereocenters. The second-order valence-electron chi connectivity index (χ2n) is 7.33. The van der Waals surface area contributed by atoms with Gasteiger partial charge in [0.15, 0.2) is 5.82 Å². The SMILES string of the molecule is C/C=N\NCC.COC(C)(C)C.O=CNCc1ccc(N2NNc3cnc(Cl)nc32)cc1. The molecular weight excluding hydrogens is 432 g/mol. The van der Waals surface area contributed by atoms with Crippen LogP contribution in [-0.2, 0) is 16.1 Å². The molecule has 10 nitrogen and oxygen atoms in total. The van der Waals surface area contributed by atoms with Gasteiger partial charge in [-0.25, -0.2) is 9.99 Å². The zero-order valence-corrected chi connectivity index (χ0v) is 20.2. The number of ether oxygens (including phenoxy) is 1. The Morgan fingerprint density at radius 3 is 2.44 bits per heavy atom. The van der Waals surface area contributed by atoms with Crippen molar-refractivity contribution in [1.29, 1.82) is 0 Å². The molecule has 0 fully saturated rings. The maximum atomic E-state index is 10.3. The van der Waals surface area contributed by atoms with Crippen LogP contribution in [0, 0.1) is 0 Å². The molecule has 3 rings (SSSR count). The van der Waals surface area contributed by atoms with Crippen molar-refractivity contribution in [3.8, 4) is 0 Å². The van der Waals surface area contributed by atoms with Crippen LogP contribution in [0.15, 0.2) is 35.6 Å². The fraction of sp³-hybridized carbons (Fsp3) is 0.429. The van der Waals surface area contributed by atoms with Gasteiger partial charge < -0.3 is 15.5 Å². The van der Waals surface area contributed by atoms with Gasteiger partial charge >= 0.3 is 0 Å². The molecule has 0 atom stereocenters. The highest BCUT2D eigenvalue weighted by atomic mass is 35.5. The molecule has 2 heterocycles. The van der Waals surface area contributed by atoms with Crippen molar-refractivity contribution in [2.75, 3.05) is 24.1 Å². The number of aromatic nitrogens is 2. The third-order valence-electron chi connectivity index (χ3n) is 3.83. The lowest BCUT2D eigenvalue weighted by Crippen LogP contribution is -2.31. The number of rotatable bonds is 6. The summed E-state index contributed by atoms with van der Waals surface area (Å²) >= 11 is 5.81. The molecule has 1 amide bonds. The number of anilines is 3. The van der Waals surface area contributed by atoms with Gasteiger partial charge in [0.1, 0.15) is 5.69 Å². The highest BCUT2D eigenvalue weighted by molar-refractivity contribution is 6.28. The Hall–Kier alpha value is -2.95. The molecule has 176 valence electrons. The highest BCUT2D eigenvalue weighted by Crippen LogP contribution is 2.32. The number of benzene rings is 1. The highest BCUT2D eigenvalue weighted by Gasteiger charge is 2.22. The number of hydrazone groups is 1. The summed E-state index contributed by atoms with van der Waals surface area (Å²) in [6, 6.07) is 7.69. The van der Waals surface area contributed by atoms with E-state index in [1.165, 1.54) is 0 Å². The maximum Gasteiger partial charge on any atom is 0.224 e. The van der Waals surface area contributed by atoms with Gasteiger partial charge in [-0.1, -0.05) is 12.1 Å². The Bertz CT molecular complexity index is 841. The summed E-state index contributed by atoms with van der Waals surface area (Å²) in [6.07, 6.45) is 4.01. The fourth-order valence-electron chi connectivity index (χ4n) is 2.07. The smallest absolute Gasteiger partial charge is 0.224 e. The molecule has 11 heteroatoms. The Balaban J connectivity index is 0.000000355. The standard InChI is InChI=1S/C12H11ClN6O.C5H12O.C4H10N2/c13-12-15-6-10-11(16-12)19(18-17-10)9-3-1-8(2-4-9)5-14-7-20;1-5(2,3)6-4;1-3-5-6-4-2/h1-4,6-7,17-18H,5H2,(H,14,20);1-4H3;3,6H,4H2,1-2H3/b;;5-3-. The monoisotopic (exact) mass is 464 g/mol. The first-order valence-corrected chi connectivity index (χ1v) is 10.5. The summed E-state index contributed by atoms with van der Waals surface area (Å²) in [5.74, 6) is 0.656. The Morgan fingerprint density at radius 1 is 1.28 bits per heavy atom. The number of methoxy groups -OCH3 is 1. The number of hydrazine groups is 2. The molecule has 0 spiro atoms. The van der Waals surface area contributed by atoms with Crippen molar-refractivity contribution < 1.29 is 9.53 Å². The van der Waals surface area contributed by atoms with Gasteiger partial charge in [-0.05, 0) is 63.9 Å². The first-order valence-electron chi connectivity index (χ1n) is 10.1. The molecule has 2 aromatic rings. The van der Waals surface area contributed by atoms with Crippen molar-refractivity contribution in [3.05, 3.63) is 41.3 Å². The number of hydrogen-bond acceptors (Lipinski definition) is 9. The lowest BCUT2D eigenvalue weighted by Gasteiger charge is -2.17. The number of hydrogen-bond donors (Lipinski definition) is 4. The molecule has 0 aliphatic carbocycles. The number of amides is 1. The summed E-state index contributed by atoms with van der Waals surface area (Å²) < 4.78 is 4.94. The predicted octanol–water partition coefficient (Wildman–Crippen LogP) is 3.39. The van der Waals surface area contributed by atoms with Crippen molar-refractivity contribution >= 4 is 41.4 Å². The van der Waals surface area contributed by atoms with Crippen LogP contribution in [0.2, 0.25) is 5.28 Å². The lowest BCUT2D eigenvalue weighted by molar-refractivity contribution is -0.109. The summed E-state index contributed by atoms with van der Waals surface area (Å²) in [7, 11) is 1.71. The zero-order chi connectivity index (χ0) is 24.0. The third kappa shape index (κ3) is 9.90. The van der Waals surface area contributed by atoms with E-state index in [1.807, 2.05) is 58.9 Å². The van der Waals surface area contributed by atoms with Crippen LogP contribution in [0.4, 0.5) is 17.2 Å². The van der Waals surface area contributed by atoms with Crippen molar-refractivity contribution in [3.63, 3.8) is 0 Å². The lowest BCUT2D eigenvalue weighted by atomic mass is 10.2. The number of carbonyl (C=O) groups excluding carboxylic acids is 1. The largest absolute Gasteiger partial charge is 0.379 e. The van der Waals surface area contributed by atoms with E-state index in [4.69, 9.17) is 16.3 Å². The molecule has 0 saturated heterocycles. The van der Waals surface area contributed by atoms with E-state index in [1.54, 1.807) is 24.5 Å². The quantitative estimate of drug-likeness (QED) is 0.222. The topological polar surface area (TPSA) is 116 Å². The van der Waals surface area contributed by atoms with Crippen LogP contribution in [0.25, 0.3) is 0 Å². The van der Waals surface area contributed by atoms with Crippen LogP contribution in [0.3, 0.4) is 0 Å². The molecule has 1 aromatic heterocycles. The Kier molecular flexibility index (Phi) is 12.0. The molecule has 1 aliphatic heterocycles. The van der Waals surface area contributed by atoms with Gasteiger partial charge in [-0.2, -0.15) is 10.1 Å². The minimum atomic E-state index is 0.0417. The number of nitrogens with one attached hydrogen (secondary N) is 4. The first kappa shape index (κ1) is 27.1.